The first-order valence-corrected chi connectivity index (χ1v) is 7.38. The van der Waals surface area contributed by atoms with E-state index in [4.69, 9.17) is 4.52 Å². The molecular formula is C16H18FN3O2. The number of rotatable bonds is 4. The van der Waals surface area contributed by atoms with Crippen molar-refractivity contribution < 1.29 is 13.7 Å². The van der Waals surface area contributed by atoms with E-state index < -0.39 is 5.41 Å². The zero-order valence-corrected chi connectivity index (χ0v) is 12.6. The summed E-state index contributed by atoms with van der Waals surface area (Å²) in [6.07, 6.45) is 2.40. The van der Waals surface area contributed by atoms with Gasteiger partial charge in [-0.1, -0.05) is 23.7 Å². The Hall–Kier alpha value is -2.24. The fraction of sp³-hybridized carbons (Fsp3) is 0.438. The molecule has 0 bridgehead atoms. The van der Waals surface area contributed by atoms with Crippen molar-refractivity contribution in [2.45, 2.75) is 44.6 Å². The van der Waals surface area contributed by atoms with E-state index in [0.717, 1.165) is 24.8 Å². The minimum absolute atomic E-state index is 0.118. The zero-order valence-electron chi connectivity index (χ0n) is 12.6. The van der Waals surface area contributed by atoms with Gasteiger partial charge < -0.3 is 9.84 Å². The van der Waals surface area contributed by atoms with Crippen molar-refractivity contribution in [1.29, 1.82) is 0 Å². The van der Waals surface area contributed by atoms with Crippen LogP contribution in [0, 0.1) is 12.7 Å². The summed E-state index contributed by atoms with van der Waals surface area (Å²) < 4.78 is 18.6. The number of carbonyl (C=O) groups is 1. The van der Waals surface area contributed by atoms with Gasteiger partial charge in [0.05, 0.1) is 5.41 Å². The molecule has 1 amide bonds. The van der Waals surface area contributed by atoms with E-state index in [2.05, 4.69) is 15.5 Å². The first-order valence-electron chi connectivity index (χ1n) is 7.38. The number of hydrogen-bond acceptors (Lipinski definition) is 4. The standard InChI is InChI=1S/C16H18FN3O2/c1-10(14-19-11(2)20-22-14)18-15(21)16(7-4-8-16)12-5-3-6-13(17)9-12/h3,5-6,9-10H,4,7-8H2,1-2H3,(H,18,21)/t10-/m0/s1. The van der Waals surface area contributed by atoms with Gasteiger partial charge >= 0.3 is 0 Å². The lowest BCUT2D eigenvalue weighted by Crippen LogP contribution is -2.49. The van der Waals surface area contributed by atoms with E-state index in [1.165, 1.54) is 12.1 Å². The van der Waals surface area contributed by atoms with Crippen LogP contribution in [0.25, 0.3) is 0 Å². The molecule has 1 aliphatic rings. The third-order valence-electron chi connectivity index (χ3n) is 4.28. The van der Waals surface area contributed by atoms with Crippen LogP contribution in [-0.4, -0.2) is 16.0 Å². The molecule has 1 N–H and O–H groups in total. The molecule has 1 aromatic carbocycles. The van der Waals surface area contributed by atoms with E-state index in [9.17, 15) is 9.18 Å². The lowest BCUT2D eigenvalue weighted by Gasteiger charge is -2.41. The third kappa shape index (κ3) is 2.49. The minimum atomic E-state index is -0.647. The lowest BCUT2D eigenvalue weighted by molar-refractivity contribution is -0.130. The third-order valence-corrected chi connectivity index (χ3v) is 4.28. The first-order chi connectivity index (χ1) is 10.5. The maximum Gasteiger partial charge on any atom is 0.248 e. The van der Waals surface area contributed by atoms with Crippen LogP contribution in [0.5, 0.6) is 0 Å². The molecule has 0 saturated heterocycles. The van der Waals surface area contributed by atoms with Gasteiger partial charge in [-0.3, -0.25) is 4.79 Å². The quantitative estimate of drug-likeness (QED) is 0.943. The fourth-order valence-corrected chi connectivity index (χ4v) is 2.85. The predicted octanol–water partition coefficient (Wildman–Crippen LogP) is 2.82. The first kappa shape index (κ1) is 14.7. The Morgan fingerprint density at radius 3 is 2.77 bits per heavy atom. The average Bonchev–Trinajstić information content (AvgIpc) is 2.84. The number of aromatic nitrogens is 2. The Labute approximate surface area is 127 Å². The molecule has 0 radical (unpaired) electrons. The van der Waals surface area contributed by atoms with Gasteiger partial charge in [0, 0.05) is 0 Å². The molecule has 1 heterocycles. The summed E-state index contributed by atoms with van der Waals surface area (Å²) >= 11 is 0. The van der Waals surface area contributed by atoms with Gasteiger partial charge in [-0.25, -0.2) is 4.39 Å². The average molecular weight is 303 g/mol. The number of nitrogens with one attached hydrogen (secondary N) is 1. The Bertz CT molecular complexity index is 694. The molecule has 3 rings (SSSR count). The summed E-state index contributed by atoms with van der Waals surface area (Å²) in [7, 11) is 0. The summed E-state index contributed by atoms with van der Waals surface area (Å²) in [6, 6.07) is 5.91. The fourth-order valence-electron chi connectivity index (χ4n) is 2.85. The maximum atomic E-state index is 13.5. The molecule has 2 aromatic rings. The highest BCUT2D eigenvalue weighted by Crippen LogP contribution is 2.44. The summed E-state index contributed by atoms with van der Waals surface area (Å²) in [4.78, 5) is 16.9. The van der Waals surface area contributed by atoms with Gasteiger partial charge in [0.2, 0.25) is 11.8 Å². The van der Waals surface area contributed by atoms with Crippen LogP contribution in [-0.2, 0) is 10.2 Å². The van der Waals surface area contributed by atoms with Crippen molar-refractivity contribution >= 4 is 5.91 Å². The van der Waals surface area contributed by atoms with Crippen molar-refractivity contribution in [3.8, 4) is 0 Å². The number of carbonyl (C=O) groups excluding carboxylic acids is 1. The van der Waals surface area contributed by atoms with Crippen molar-refractivity contribution in [3.05, 3.63) is 47.4 Å². The van der Waals surface area contributed by atoms with E-state index >= 15 is 0 Å². The minimum Gasteiger partial charge on any atom is -0.344 e. The largest absolute Gasteiger partial charge is 0.344 e. The summed E-state index contributed by atoms with van der Waals surface area (Å²) in [5, 5.41) is 6.64. The van der Waals surface area contributed by atoms with Crippen LogP contribution >= 0.6 is 0 Å². The molecule has 0 aliphatic heterocycles. The van der Waals surface area contributed by atoms with Gasteiger partial charge in [0.15, 0.2) is 5.82 Å². The highest BCUT2D eigenvalue weighted by molar-refractivity contribution is 5.89. The Kier molecular flexibility index (Phi) is 3.68. The Morgan fingerprint density at radius 2 is 2.23 bits per heavy atom. The molecule has 22 heavy (non-hydrogen) atoms. The second-order valence-corrected chi connectivity index (χ2v) is 5.82. The number of benzene rings is 1. The molecule has 1 aliphatic carbocycles. The zero-order chi connectivity index (χ0) is 15.7. The second kappa shape index (κ2) is 5.51. The molecule has 0 unspecified atom stereocenters. The van der Waals surface area contributed by atoms with Crippen LogP contribution in [0.4, 0.5) is 4.39 Å². The van der Waals surface area contributed by atoms with Gasteiger partial charge in [-0.15, -0.1) is 0 Å². The van der Waals surface area contributed by atoms with Crippen LogP contribution < -0.4 is 5.32 Å². The Morgan fingerprint density at radius 1 is 1.45 bits per heavy atom. The molecule has 0 spiro atoms. The van der Waals surface area contributed by atoms with Crippen LogP contribution in [0.3, 0.4) is 0 Å². The number of halogens is 1. The van der Waals surface area contributed by atoms with Crippen molar-refractivity contribution in [1.82, 2.24) is 15.5 Å². The number of aryl methyl sites for hydroxylation is 1. The van der Waals surface area contributed by atoms with E-state index in [1.54, 1.807) is 19.9 Å². The predicted molar refractivity (Wildman–Crippen MR) is 77.5 cm³/mol. The van der Waals surface area contributed by atoms with Crippen LogP contribution in [0.2, 0.25) is 0 Å². The summed E-state index contributed by atoms with van der Waals surface area (Å²) in [6.45, 7) is 3.52. The summed E-state index contributed by atoms with van der Waals surface area (Å²) in [5.74, 6) is 0.462. The van der Waals surface area contributed by atoms with Crippen molar-refractivity contribution in [2.24, 2.45) is 0 Å². The second-order valence-electron chi connectivity index (χ2n) is 5.82. The number of amides is 1. The monoisotopic (exact) mass is 303 g/mol. The van der Waals surface area contributed by atoms with Gasteiger partial charge in [-0.05, 0) is 44.4 Å². The van der Waals surface area contributed by atoms with Crippen molar-refractivity contribution in [2.75, 3.05) is 0 Å². The smallest absolute Gasteiger partial charge is 0.248 e. The van der Waals surface area contributed by atoms with E-state index in [-0.39, 0.29) is 17.8 Å². The van der Waals surface area contributed by atoms with E-state index in [0.29, 0.717) is 11.7 Å². The highest BCUT2D eigenvalue weighted by atomic mass is 19.1. The summed E-state index contributed by atoms with van der Waals surface area (Å²) in [5.41, 5.74) is 0.0796. The topological polar surface area (TPSA) is 68.0 Å². The maximum absolute atomic E-state index is 13.5. The van der Waals surface area contributed by atoms with Crippen LogP contribution in [0.15, 0.2) is 28.8 Å². The van der Waals surface area contributed by atoms with Gasteiger partial charge in [0.1, 0.15) is 11.9 Å². The van der Waals surface area contributed by atoms with Crippen LogP contribution in [0.1, 0.15) is 49.5 Å². The lowest BCUT2D eigenvalue weighted by atomic mass is 9.63. The van der Waals surface area contributed by atoms with Crippen molar-refractivity contribution in [3.63, 3.8) is 0 Å². The molecule has 1 fully saturated rings. The number of nitrogens with zero attached hydrogens (tertiary/aromatic N) is 2. The SMILES string of the molecule is Cc1noc([C@H](C)NC(=O)C2(c3cccc(F)c3)CCC2)n1. The van der Waals surface area contributed by atoms with Gasteiger partial charge in [-0.2, -0.15) is 4.98 Å². The molecule has 6 heteroatoms. The van der Waals surface area contributed by atoms with Gasteiger partial charge in [0.25, 0.3) is 0 Å². The molecule has 1 atom stereocenters. The highest BCUT2D eigenvalue weighted by Gasteiger charge is 2.46. The normalized spacial score (nSPS) is 17.6. The molecule has 116 valence electrons. The Balaban J connectivity index is 1.80. The molecular weight excluding hydrogens is 285 g/mol. The number of hydrogen-bond donors (Lipinski definition) is 1. The van der Waals surface area contributed by atoms with E-state index in [1.807, 2.05) is 6.07 Å². The molecule has 1 aromatic heterocycles. The molecule has 1 saturated carbocycles. The molecule has 5 nitrogen and oxygen atoms in total.